The van der Waals surface area contributed by atoms with Gasteiger partial charge in [0.15, 0.2) is 4.34 Å². The molecule has 1 saturated carbocycles. The number of aliphatic hydroxyl groups is 1. The van der Waals surface area contributed by atoms with Gasteiger partial charge in [0.05, 0.1) is 6.61 Å². The third kappa shape index (κ3) is 3.40. The molecule has 1 aliphatic rings. The Balaban J connectivity index is 1.93. The van der Waals surface area contributed by atoms with E-state index in [2.05, 4.69) is 28.5 Å². The van der Waals surface area contributed by atoms with Gasteiger partial charge in [-0.15, -0.1) is 0 Å². The first kappa shape index (κ1) is 13.3. The SMILES string of the molecule is CC(C)NC1(CO)CCC(Sc2ncns2)C1. The standard InChI is InChI=1S/C11H19N3OS2/c1-8(2)14-11(6-15)4-3-9(5-11)16-10-12-7-13-17-10/h7-9,14-15H,3-6H2,1-2H3. The van der Waals surface area contributed by atoms with Crippen LogP contribution < -0.4 is 5.32 Å². The van der Waals surface area contributed by atoms with E-state index in [1.807, 2.05) is 0 Å². The van der Waals surface area contributed by atoms with E-state index < -0.39 is 0 Å². The molecule has 2 unspecified atom stereocenters. The van der Waals surface area contributed by atoms with Crippen molar-refractivity contribution in [3.63, 3.8) is 0 Å². The van der Waals surface area contributed by atoms with Crippen molar-refractivity contribution in [3.05, 3.63) is 6.33 Å². The van der Waals surface area contributed by atoms with E-state index in [9.17, 15) is 5.11 Å². The van der Waals surface area contributed by atoms with E-state index in [-0.39, 0.29) is 12.1 Å². The molecule has 1 heterocycles. The molecule has 2 rings (SSSR count). The van der Waals surface area contributed by atoms with Crippen molar-refractivity contribution in [1.82, 2.24) is 14.7 Å². The summed E-state index contributed by atoms with van der Waals surface area (Å²) < 4.78 is 5.05. The van der Waals surface area contributed by atoms with Crippen LogP contribution >= 0.6 is 23.3 Å². The van der Waals surface area contributed by atoms with E-state index in [1.54, 1.807) is 18.1 Å². The summed E-state index contributed by atoms with van der Waals surface area (Å²) in [5, 5.41) is 13.7. The Labute approximate surface area is 110 Å². The fraction of sp³-hybridized carbons (Fsp3) is 0.818. The summed E-state index contributed by atoms with van der Waals surface area (Å²) >= 11 is 3.25. The summed E-state index contributed by atoms with van der Waals surface area (Å²) in [6.45, 7) is 4.48. The highest BCUT2D eigenvalue weighted by molar-refractivity contribution is 8.01. The molecule has 2 atom stereocenters. The molecule has 1 fully saturated rings. The monoisotopic (exact) mass is 273 g/mol. The minimum absolute atomic E-state index is 0.0868. The summed E-state index contributed by atoms with van der Waals surface area (Å²) in [6.07, 6.45) is 4.78. The van der Waals surface area contributed by atoms with Crippen molar-refractivity contribution in [3.8, 4) is 0 Å². The Hall–Kier alpha value is -0.170. The molecule has 96 valence electrons. The van der Waals surface area contributed by atoms with Gasteiger partial charge in [0.1, 0.15) is 6.33 Å². The molecule has 1 aromatic heterocycles. The maximum Gasteiger partial charge on any atom is 0.170 e. The van der Waals surface area contributed by atoms with Crippen molar-refractivity contribution in [1.29, 1.82) is 0 Å². The molecular weight excluding hydrogens is 254 g/mol. The van der Waals surface area contributed by atoms with Crippen LogP contribution in [0.5, 0.6) is 0 Å². The van der Waals surface area contributed by atoms with Crippen molar-refractivity contribution in [2.45, 2.75) is 54.3 Å². The van der Waals surface area contributed by atoms with Crippen molar-refractivity contribution < 1.29 is 5.11 Å². The predicted octanol–water partition coefficient (Wildman–Crippen LogP) is 1.91. The van der Waals surface area contributed by atoms with Crippen LogP contribution in [0.15, 0.2) is 10.7 Å². The van der Waals surface area contributed by atoms with E-state index in [0.29, 0.717) is 11.3 Å². The van der Waals surface area contributed by atoms with E-state index in [0.717, 1.165) is 23.6 Å². The van der Waals surface area contributed by atoms with E-state index in [1.165, 1.54) is 11.5 Å². The number of nitrogens with one attached hydrogen (secondary N) is 1. The van der Waals surface area contributed by atoms with Crippen LogP contribution in [0.4, 0.5) is 0 Å². The molecule has 4 nitrogen and oxygen atoms in total. The number of thioether (sulfide) groups is 1. The minimum Gasteiger partial charge on any atom is -0.394 e. The summed E-state index contributed by atoms with van der Waals surface area (Å²) in [5.74, 6) is 0. The first-order valence-electron chi connectivity index (χ1n) is 5.95. The average molecular weight is 273 g/mol. The lowest BCUT2D eigenvalue weighted by Crippen LogP contribution is -2.49. The second kappa shape index (κ2) is 5.65. The third-order valence-corrected chi connectivity index (χ3v) is 5.09. The smallest absolute Gasteiger partial charge is 0.170 e. The lowest BCUT2D eigenvalue weighted by Gasteiger charge is -2.30. The topological polar surface area (TPSA) is 58.0 Å². The molecule has 1 aromatic rings. The van der Waals surface area contributed by atoms with Gasteiger partial charge < -0.3 is 10.4 Å². The first-order chi connectivity index (χ1) is 8.13. The molecule has 0 aromatic carbocycles. The van der Waals surface area contributed by atoms with Crippen LogP contribution in [0.3, 0.4) is 0 Å². The van der Waals surface area contributed by atoms with Gasteiger partial charge in [-0.25, -0.2) is 4.98 Å². The maximum atomic E-state index is 9.61. The zero-order valence-electron chi connectivity index (χ0n) is 10.2. The van der Waals surface area contributed by atoms with Crippen molar-refractivity contribution in [2.24, 2.45) is 0 Å². The summed E-state index contributed by atoms with van der Waals surface area (Å²) in [4.78, 5) is 4.20. The average Bonchev–Trinajstić information content (AvgIpc) is 2.89. The van der Waals surface area contributed by atoms with Crippen LogP contribution in [0.2, 0.25) is 0 Å². The Morgan fingerprint density at radius 2 is 2.53 bits per heavy atom. The first-order valence-corrected chi connectivity index (χ1v) is 7.61. The Bertz CT molecular complexity index is 344. The summed E-state index contributed by atoms with van der Waals surface area (Å²) in [5.41, 5.74) is -0.0868. The molecular formula is C11H19N3OS2. The maximum absolute atomic E-state index is 9.61. The molecule has 2 N–H and O–H groups in total. The molecule has 0 bridgehead atoms. The van der Waals surface area contributed by atoms with Crippen LogP contribution in [0.1, 0.15) is 33.1 Å². The Kier molecular flexibility index (Phi) is 4.41. The normalized spacial score (nSPS) is 29.1. The predicted molar refractivity (Wildman–Crippen MR) is 71.5 cm³/mol. The van der Waals surface area contributed by atoms with Crippen LogP contribution in [-0.2, 0) is 0 Å². The van der Waals surface area contributed by atoms with Crippen LogP contribution in [0, 0.1) is 0 Å². The molecule has 0 amide bonds. The van der Waals surface area contributed by atoms with Gasteiger partial charge in [-0.3, -0.25) is 0 Å². The lowest BCUT2D eigenvalue weighted by molar-refractivity contribution is 0.156. The molecule has 17 heavy (non-hydrogen) atoms. The number of nitrogens with zero attached hydrogens (tertiary/aromatic N) is 2. The van der Waals surface area contributed by atoms with Crippen LogP contribution in [-0.4, -0.2) is 37.9 Å². The second-order valence-corrected chi connectivity index (χ2v) is 7.25. The van der Waals surface area contributed by atoms with E-state index >= 15 is 0 Å². The molecule has 0 saturated heterocycles. The van der Waals surface area contributed by atoms with Gasteiger partial charge >= 0.3 is 0 Å². The van der Waals surface area contributed by atoms with Gasteiger partial charge in [0, 0.05) is 16.8 Å². The van der Waals surface area contributed by atoms with Gasteiger partial charge in [-0.1, -0.05) is 25.6 Å². The van der Waals surface area contributed by atoms with Crippen molar-refractivity contribution in [2.75, 3.05) is 6.61 Å². The molecule has 1 aliphatic carbocycles. The highest BCUT2D eigenvalue weighted by Gasteiger charge is 2.39. The molecule has 0 aliphatic heterocycles. The fourth-order valence-electron chi connectivity index (χ4n) is 2.47. The van der Waals surface area contributed by atoms with Gasteiger partial charge in [-0.2, -0.15) is 4.37 Å². The zero-order valence-corrected chi connectivity index (χ0v) is 11.9. The number of hydrogen-bond donors (Lipinski definition) is 2. The Morgan fingerprint density at radius 3 is 3.12 bits per heavy atom. The zero-order chi connectivity index (χ0) is 12.3. The minimum atomic E-state index is -0.0868. The van der Waals surface area contributed by atoms with Crippen molar-refractivity contribution >= 4 is 23.3 Å². The highest BCUT2D eigenvalue weighted by atomic mass is 32.2. The summed E-state index contributed by atoms with van der Waals surface area (Å²) in [7, 11) is 0. The van der Waals surface area contributed by atoms with Gasteiger partial charge in [0.25, 0.3) is 0 Å². The molecule has 6 heteroatoms. The van der Waals surface area contributed by atoms with Crippen LogP contribution in [0.25, 0.3) is 0 Å². The van der Waals surface area contributed by atoms with E-state index in [4.69, 9.17) is 0 Å². The fourth-order valence-corrected chi connectivity index (χ4v) is 4.49. The number of aliphatic hydroxyl groups excluding tert-OH is 1. The number of rotatable bonds is 5. The second-order valence-electron chi connectivity index (χ2n) is 4.93. The third-order valence-electron chi connectivity index (χ3n) is 3.07. The Morgan fingerprint density at radius 1 is 1.71 bits per heavy atom. The quantitative estimate of drug-likeness (QED) is 0.858. The number of hydrogen-bond acceptors (Lipinski definition) is 6. The van der Waals surface area contributed by atoms with Gasteiger partial charge in [-0.05, 0) is 30.8 Å². The summed E-state index contributed by atoms with van der Waals surface area (Å²) in [6, 6.07) is 0.410. The highest BCUT2D eigenvalue weighted by Crippen LogP contribution is 2.40. The molecule has 0 radical (unpaired) electrons. The largest absolute Gasteiger partial charge is 0.394 e. The number of aromatic nitrogens is 2. The molecule has 0 spiro atoms. The lowest BCUT2D eigenvalue weighted by atomic mass is 9.98. The van der Waals surface area contributed by atoms with Gasteiger partial charge in [0.2, 0.25) is 0 Å².